The molecular formula is C48H99ClN4O6. The fourth-order valence-corrected chi connectivity index (χ4v) is 8.06. The van der Waals surface area contributed by atoms with Crippen LogP contribution in [0, 0.1) is 5.41 Å². The number of halogens is 1. The summed E-state index contributed by atoms with van der Waals surface area (Å²) in [6.07, 6.45) is 36.4. The van der Waals surface area contributed by atoms with Gasteiger partial charge in [0.1, 0.15) is 6.04 Å². The van der Waals surface area contributed by atoms with Gasteiger partial charge in [0, 0.05) is 32.8 Å². The fourth-order valence-electron chi connectivity index (χ4n) is 8.06. The van der Waals surface area contributed by atoms with E-state index in [2.05, 4.69) is 19.2 Å². The molecule has 0 heterocycles. The maximum absolute atomic E-state index is 12.5. The van der Waals surface area contributed by atoms with Crippen LogP contribution in [0.4, 0.5) is 0 Å². The van der Waals surface area contributed by atoms with Gasteiger partial charge in [-0.3, -0.25) is 15.1 Å². The number of aliphatic carboxylic acids is 1. The van der Waals surface area contributed by atoms with Gasteiger partial charge in [-0.25, -0.2) is 0 Å². The number of aliphatic hydroxyl groups excluding tert-OH is 2. The molecule has 0 radical (unpaired) electrons. The number of aliphatic hydroxyl groups is 2. The molecule has 0 rings (SSSR count). The minimum Gasteiger partial charge on any atom is -0.480 e. The standard InChI is InChI=1S/C48H98N4O6.ClH/c1-5-7-9-11-13-15-17-19-21-23-25-27-29-35-45(42(3)53)57-40-32-38-52(44(47(55)56)34-31-37-51-48(49)50)39-33-41-58-46(43(4)54)36-30-28-26-24-22-20-18-16-14-12-10-8-6-2;/h42-46,53-54H,5-41H2,1-4H3,(H,55,56)(H4,49,50,51);1H/t42?,43?,44-,45?,46?;/m0./s1. The molecule has 0 aromatic carbocycles. The molecule has 4 unspecified atom stereocenters. The van der Waals surface area contributed by atoms with E-state index in [0.717, 1.165) is 38.5 Å². The number of unbranched alkanes of at least 4 members (excludes halogenated alkanes) is 24. The molecular weight excluding hydrogens is 764 g/mol. The van der Waals surface area contributed by atoms with Gasteiger partial charge >= 0.3 is 5.97 Å². The maximum atomic E-state index is 12.5. The number of ether oxygens (including phenoxy) is 2. The van der Waals surface area contributed by atoms with E-state index in [9.17, 15) is 20.1 Å². The van der Waals surface area contributed by atoms with Crippen LogP contribution < -0.4 is 11.1 Å². The fraction of sp³-hybridized carbons (Fsp3) is 0.958. The molecule has 0 spiro atoms. The van der Waals surface area contributed by atoms with E-state index in [4.69, 9.17) is 20.6 Å². The van der Waals surface area contributed by atoms with E-state index in [-0.39, 0.29) is 30.6 Å². The van der Waals surface area contributed by atoms with E-state index >= 15 is 0 Å². The zero-order valence-corrected chi connectivity index (χ0v) is 39.9. The van der Waals surface area contributed by atoms with E-state index < -0.39 is 24.2 Å². The molecule has 0 saturated carbocycles. The highest BCUT2D eigenvalue weighted by molar-refractivity contribution is 5.85. The van der Waals surface area contributed by atoms with Gasteiger partial charge in [0.05, 0.1) is 24.4 Å². The second-order valence-corrected chi connectivity index (χ2v) is 17.4. The van der Waals surface area contributed by atoms with E-state index in [1.807, 2.05) is 4.90 Å². The number of carboxylic acids is 1. The van der Waals surface area contributed by atoms with Crippen molar-refractivity contribution in [2.24, 2.45) is 5.73 Å². The Kier molecular flexibility index (Phi) is 45.6. The van der Waals surface area contributed by atoms with E-state index in [0.29, 0.717) is 58.5 Å². The molecule has 354 valence electrons. The predicted molar refractivity (Wildman–Crippen MR) is 252 cm³/mol. The summed E-state index contributed by atoms with van der Waals surface area (Å²) >= 11 is 0. The van der Waals surface area contributed by atoms with Gasteiger partial charge in [-0.2, -0.15) is 0 Å². The number of hydrogen-bond donors (Lipinski definition) is 6. The number of carbonyl (C=O) groups is 1. The number of hydrogen-bond acceptors (Lipinski definition) is 7. The lowest BCUT2D eigenvalue weighted by molar-refractivity contribution is -0.144. The summed E-state index contributed by atoms with van der Waals surface area (Å²) < 4.78 is 12.4. The van der Waals surface area contributed by atoms with Crippen LogP contribution in [-0.4, -0.2) is 95.5 Å². The van der Waals surface area contributed by atoms with Crippen LogP contribution in [0.2, 0.25) is 0 Å². The second kappa shape index (κ2) is 44.9. The highest BCUT2D eigenvalue weighted by Crippen LogP contribution is 2.18. The van der Waals surface area contributed by atoms with Crippen molar-refractivity contribution in [3.05, 3.63) is 0 Å². The zero-order valence-electron chi connectivity index (χ0n) is 39.0. The summed E-state index contributed by atoms with van der Waals surface area (Å²) in [5.41, 5.74) is 5.44. The predicted octanol–water partition coefficient (Wildman–Crippen LogP) is 11.7. The first-order valence-electron chi connectivity index (χ1n) is 24.8. The molecule has 0 aliphatic heterocycles. The van der Waals surface area contributed by atoms with Crippen molar-refractivity contribution in [2.75, 3.05) is 32.8 Å². The normalized spacial score (nSPS) is 14.2. The Morgan fingerprint density at radius 1 is 0.559 bits per heavy atom. The largest absolute Gasteiger partial charge is 0.480 e. The Morgan fingerprint density at radius 3 is 1.17 bits per heavy atom. The summed E-state index contributed by atoms with van der Waals surface area (Å²) in [6, 6.07) is -0.675. The maximum Gasteiger partial charge on any atom is 0.320 e. The van der Waals surface area contributed by atoms with Gasteiger partial charge in [0.2, 0.25) is 0 Å². The Morgan fingerprint density at radius 2 is 0.881 bits per heavy atom. The molecule has 0 aromatic heterocycles. The van der Waals surface area contributed by atoms with Gasteiger partial charge < -0.3 is 35.8 Å². The monoisotopic (exact) mass is 863 g/mol. The Labute approximate surface area is 370 Å². The molecule has 0 bridgehead atoms. The van der Waals surface area contributed by atoms with Crippen LogP contribution in [0.1, 0.15) is 233 Å². The van der Waals surface area contributed by atoms with Crippen LogP contribution in [0.15, 0.2) is 0 Å². The summed E-state index contributed by atoms with van der Waals surface area (Å²) in [7, 11) is 0. The van der Waals surface area contributed by atoms with Crippen LogP contribution in [0.5, 0.6) is 0 Å². The number of carboxylic acid groups (broad SMARTS) is 1. The van der Waals surface area contributed by atoms with E-state index in [1.54, 1.807) is 13.8 Å². The second-order valence-electron chi connectivity index (χ2n) is 17.4. The molecule has 0 saturated heterocycles. The highest BCUT2D eigenvalue weighted by Gasteiger charge is 2.25. The van der Waals surface area contributed by atoms with Gasteiger partial charge in [0.25, 0.3) is 0 Å². The van der Waals surface area contributed by atoms with Crippen molar-refractivity contribution < 1.29 is 29.6 Å². The number of guanidine groups is 1. The lowest BCUT2D eigenvalue weighted by atomic mass is 10.0. The van der Waals surface area contributed by atoms with Crippen LogP contribution >= 0.6 is 12.4 Å². The third kappa shape index (κ3) is 39.4. The van der Waals surface area contributed by atoms with Crippen LogP contribution in [0.3, 0.4) is 0 Å². The first kappa shape index (κ1) is 59.9. The lowest BCUT2D eigenvalue weighted by Gasteiger charge is -2.30. The van der Waals surface area contributed by atoms with Crippen molar-refractivity contribution in [2.45, 2.75) is 264 Å². The average molecular weight is 864 g/mol. The van der Waals surface area contributed by atoms with Crippen molar-refractivity contribution >= 4 is 24.3 Å². The van der Waals surface area contributed by atoms with Crippen molar-refractivity contribution in [1.82, 2.24) is 10.2 Å². The molecule has 10 nitrogen and oxygen atoms in total. The van der Waals surface area contributed by atoms with Crippen molar-refractivity contribution in [3.63, 3.8) is 0 Å². The van der Waals surface area contributed by atoms with Gasteiger partial charge in [-0.05, 0) is 52.4 Å². The number of nitrogens with one attached hydrogen (secondary N) is 2. The molecule has 11 heteroatoms. The van der Waals surface area contributed by atoms with Crippen LogP contribution in [0.25, 0.3) is 0 Å². The Bertz CT molecular complexity index is 852. The van der Waals surface area contributed by atoms with Crippen molar-refractivity contribution in [3.8, 4) is 0 Å². The van der Waals surface area contributed by atoms with Crippen molar-refractivity contribution in [1.29, 1.82) is 5.41 Å². The minimum absolute atomic E-state index is 0. The van der Waals surface area contributed by atoms with Gasteiger partial charge in [0.15, 0.2) is 5.96 Å². The molecule has 0 aliphatic carbocycles. The molecule has 0 fully saturated rings. The van der Waals surface area contributed by atoms with Gasteiger partial charge in [-0.15, -0.1) is 12.4 Å². The summed E-state index contributed by atoms with van der Waals surface area (Å²) in [4.78, 5) is 14.5. The number of rotatable bonds is 46. The topological polar surface area (TPSA) is 161 Å². The minimum atomic E-state index is -0.863. The summed E-state index contributed by atoms with van der Waals surface area (Å²) in [5, 5.41) is 41.3. The third-order valence-corrected chi connectivity index (χ3v) is 11.8. The molecule has 0 aliphatic rings. The third-order valence-electron chi connectivity index (χ3n) is 11.8. The average Bonchev–Trinajstić information content (AvgIpc) is 3.18. The first-order chi connectivity index (χ1) is 28.1. The molecule has 59 heavy (non-hydrogen) atoms. The number of nitrogens with two attached hydrogens (primary N) is 1. The Balaban J connectivity index is 0. The summed E-state index contributed by atoms with van der Waals surface area (Å²) in [6.45, 7) is 10.6. The summed E-state index contributed by atoms with van der Waals surface area (Å²) in [5.74, 6) is -0.978. The lowest BCUT2D eigenvalue weighted by Crippen LogP contribution is -2.44. The quantitative estimate of drug-likeness (QED) is 0.0199. The smallest absolute Gasteiger partial charge is 0.320 e. The molecule has 0 aromatic rings. The highest BCUT2D eigenvalue weighted by atomic mass is 35.5. The molecule has 5 atom stereocenters. The first-order valence-corrected chi connectivity index (χ1v) is 24.8. The zero-order chi connectivity index (χ0) is 42.9. The molecule has 0 amide bonds. The SMILES string of the molecule is CCCCCCCCCCCCCCCC(OCCCN(CCCOC(CCCCCCCCCCCCCCC)C(C)O)[C@@H](CCCNC(=N)N)C(=O)O)C(C)O.Cl. The van der Waals surface area contributed by atoms with Crippen LogP contribution in [-0.2, 0) is 14.3 Å². The Hall–Kier alpha value is -1.17. The van der Waals surface area contributed by atoms with E-state index in [1.165, 1.54) is 141 Å². The van der Waals surface area contributed by atoms with Gasteiger partial charge in [-0.1, -0.05) is 181 Å². The molecule has 7 N–H and O–H groups in total. The number of nitrogens with zero attached hydrogens (tertiary/aromatic N) is 1.